The number of nitrogens with zero attached hydrogens (tertiary/aromatic N) is 4. The average Bonchev–Trinajstić information content (AvgIpc) is 3.16. The van der Waals surface area contributed by atoms with Crippen LogP contribution in [0.4, 0.5) is 11.4 Å². The van der Waals surface area contributed by atoms with Crippen LogP contribution < -0.4 is 4.90 Å². The van der Waals surface area contributed by atoms with Crippen LogP contribution in [-0.2, 0) is 7.05 Å². The Hall–Kier alpha value is -2.41. The molecule has 2 aromatic rings. The zero-order chi connectivity index (χ0) is 17.3. The highest BCUT2D eigenvalue weighted by atomic mass is 35.5. The Kier molecular flexibility index (Phi) is 4.53. The van der Waals surface area contributed by atoms with E-state index < -0.39 is 4.92 Å². The number of Topliss-reactive ketones (excluding diaryl/α,β-unsaturated/α-hetero) is 1. The Morgan fingerprint density at radius 2 is 2.29 bits per heavy atom. The highest BCUT2D eigenvalue weighted by molar-refractivity contribution is 6.33. The summed E-state index contributed by atoms with van der Waals surface area (Å²) < 4.78 is 1.60. The highest BCUT2D eigenvalue weighted by Crippen LogP contribution is 2.35. The van der Waals surface area contributed by atoms with Gasteiger partial charge in [-0.15, -0.1) is 0 Å². The Morgan fingerprint density at radius 3 is 2.92 bits per heavy atom. The van der Waals surface area contributed by atoms with Crippen LogP contribution in [0.1, 0.15) is 29.6 Å². The largest absolute Gasteiger partial charge is 0.367 e. The van der Waals surface area contributed by atoms with Crippen molar-refractivity contribution in [1.29, 1.82) is 0 Å². The Labute approximate surface area is 144 Å². The first-order valence-corrected chi connectivity index (χ1v) is 8.06. The lowest BCUT2D eigenvalue weighted by atomic mass is 10.0. The van der Waals surface area contributed by atoms with Gasteiger partial charge in [0.05, 0.1) is 27.4 Å². The van der Waals surface area contributed by atoms with Crippen molar-refractivity contribution in [3.63, 3.8) is 0 Å². The van der Waals surface area contributed by atoms with E-state index in [-0.39, 0.29) is 17.5 Å². The van der Waals surface area contributed by atoms with Gasteiger partial charge >= 0.3 is 0 Å². The number of non-ortho nitro benzene ring substituents is 1. The third kappa shape index (κ3) is 3.26. The molecule has 3 rings (SSSR count). The number of halogens is 1. The lowest BCUT2D eigenvalue weighted by Crippen LogP contribution is -2.31. The number of aromatic nitrogens is 2. The Balaban J connectivity index is 1.78. The van der Waals surface area contributed by atoms with E-state index in [9.17, 15) is 14.9 Å². The summed E-state index contributed by atoms with van der Waals surface area (Å²) >= 11 is 6.23. The van der Waals surface area contributed by atoms with Crippen LogP contribution in [0.3, 0.4) is 0 Å². The van der Waals surface area contributed by atoms with Crippen LogP contribution in [0.15, 0.2) is 30.6 Å². The van der Waals surface area contributed by atoms with E-state index in [1.54, 1.807) is 30.2 Å². The first kappa shape index (κ1) is 16.4. The van der Waals surface area contributed by atoms with Gasteiger partial charge < -0.3 is 4.90 Å². The number of ketones is 1. The van der Waals surface area contributed by atoms with Crippen molar-refractivity contribution < 1.29 is 9.72 Å². The molecule has 2 heterocycles. The predicted octanol–water partition coefficient (Wildman–Crippen LogP) is 3.22. The number of hydrogen-bond donors (Lipinski definition) is 0. The number of carbonyl (C=O) groups is 1. The minimum atomic E-state index is -0.469. The van der Waals surface area contributed by atoms with Crippen LogP contribution in [0.2, 0.25) is 5.02 Å². The van der Waals surface area contributed by atoms with Gasteiger partial charge in [-0.2, -0.15) is 5.10 Å². The van der Waals surface area contributed by atoms with Gasteiger partial charge in [-0.1, -0.05) is 11.6 Å². The molecule has 1 aliphatic rings. The smallest absolute Gasteiger partial charge is 0.271 e. The summed E-state index contributed by atoms with van der Waals surface area (Å²) in [5, 5.41) is 15.2. The molecule has 0 N–H and O–H groups in total. The molecule has 24 heavy (non-hydrogen) atoms. The molecule has 1 aromatic carbocycles. The van der Waals surface area contributed by atoms with Gasteiger partial charge in [0.2, 0.25) is 0 Å². The number of aryl methyl sites for hydroxylation is 1. The van der Waals surface area contributed by atoms with Gasteiger partial charge in [0, 0.05) is 44.4 Å². The lowest BCUT2D eigenvalue weighted by molar-refractivity contribution is -0.384. The third-order valence-corrected chi connectivity index (χ3v) is 4.58. The van der Waals surface area contributed by atoms with Crippen molar-refractivity contribution in [2.24, 2.45) is 7.05 Å². The molecule has 0 radical (unpaired) electrons. The van der Waals surface area contributed by atoms with Gasteiger partial charge in [0.1, 0.15) is 0 Å². The van der Waals surface area contributed by atoms with Crippen molar-refractivity contribution in [3.05, 3.63) is 51.3 Å². The maximum atomic E-state index is 12.4. The maximum absolute atomic E-state index is 12.4. The topological polar surface area (TPSA) is 81.3 Å². The fraction of sp³-hybridized carbons (Fsp3) is 0.375. The molecule has 0 bridgehead atoms. The SMILES string of the molecule is Cn1cc(C(=O)CC2CCCN2c2ccc([N+](=O)[O-])cc2Cl)cn1. The summed E-state index contributed by atoms with van der Waals surface area (Å²) in [5.41, 5.74) is 1.30. The second-order valence-electron chi connectivity index (χ2n) is 5.91. The van der Waals surface area contributed by atoms with Crippen LogP contribution >= 0.6 is 11.6 Å². The minimum absolute atomic E-state index is 0.0362. The molecule has 1 aliphatic heterocycles. The van der Waals surface area contributed by atoms with Gasteiger partial charge in [0.15, 0.2) is 5.78 Å². The summed E-state index contributed by atoms with van der Waals surface area (Å²) in [6, 6.07) is 4.50. The molecule has 1 fully saturated rings. The molecule has 0 amide bonds. The second kappa shape index (κ2) is 6.60. The number of carbonyl (C=O) groups excluding carboxylic acids is 1. The fourth-order valence-electron chi connectivity index (χ4n) is 3.10. The molecular formula is C16H17ClN4O3. The molecule has 1 saturated heterocycles. The van der Waals surface area contributed by atoms with Crippen LogP contribution in [0, 0.1) is 10.1 Å². The summed E-state index contributed by atoms with van der Waals surface area (Å²) in [6.07, 6.45) is 5.50. The first-order chi connectivity index (χ1) is 11.5. The van der Waals surface area contributed by atoms with Gasteiger partial charge in [-0.05, 0) is 18.9 Å². The molecule has 7 nitrogen and oxygen atoms in total. The molecule has 126 valence electrons. The predicted molar refractivity (Wildman–Crippen MR) is 90.6 cm³/mol. The third-order valence-electron chi connectivity index (χ3n) is 4.28. The lowest BCUT2D eigenvalue weighted by Gasteiger charge is -2.27. The second-order valence-corrected chi connectivity index (χ2v) is 6.32. The van der Waals surface area contributed by atoms with E-state index >= 15 is 0 Å². The summed E-state index contributed by atoms with van der Waals surface area (Å²) in [7, 11) is 1.77. The zero-order valence-corrected chi connectivity index (χ0v) is 13.9. The molecule has 1 atom stereocenters. The van der Waals surface area contributed by atoms with Crippen molar-refractivity contribution in [3.8, 4) is 0 Å². The van der Waals surface area contributed by atoms with Crippen molar-refractivity contribution in [1.82, 2.24) is 9.78 Å². The van der Waals surface area contributed by atoms with Crippen LogP contribution in [-0.4, -0.2) is 33.1 Å². The van der Waals surface area contributed by atoms with E-state index in [1.807, 2.05) is 0 Å². The average molecular weight is 349 g/mol. The number of nitro groups is 1. The van der Waals surface area contributed by atoms with Gasteiger partial charge in [0.25, 0.3) is 5.69 Å². The van der Waals surface area contributed by atoms with Gasteiger partial charge in [-0.25, -0.2) is 0 Å². The molecule has 0 aliphatic carbocycles. The Bertz CT molecular complexity index is 789. The number of anilines is 1. The van der Waals surface area contributed by atoms with Crippen LogP contribution in [0.5, 0.6) is 0 Å². The number of benzene rings is 1. The first-order valence-electron chi connectivity index (χ1n) is 7.68. The molecule has 8 heteroatoms. The maximum Gasteiger partial charge on any atom is 0.271 e. The molecule has 1 aromatic heterocycles. The summed E-state index contributed by atoms with van der Waals surface area (Å²) in [4.78, 5) is 24.9. The number of rotatable bonds is 5. The van der Waals surface area contributed by atoms with Gasteiger partial charge in [-0.3, -0.25) is 19.6 Å². The van der Waals surface area contributed by atoms with Crippen molar-refractivity contribution in [2.45, 2.75) is 25.3 Å². The molecule has 1 unspecified atom stereocenters. The normalized spacial score (nSPS) is 17.2. The van der Waals surface area contributed by atoms with E-state index in [0.29, 0.717) is 17.0 Å². The Morgan fingerprint density at radius 1 is 1.50 bits per heavy atom. The highest BCUT2D eigenvalue weighted by Gasteiger charge is 2.29. The van der Waals surface area contributed by atoms with Crippen LogP contribution in [0.25, 0.3) is 0 Å². The molecule has 0 spiro atoms. The zero-order valence-electron chi connectivity index (χ0n) is 13.2. The monoisotopic (exact) mass is 348 g/mol. The van der Waals surface area contributed by atoms with E-state index in [4.69, 9.17) is 11.6 Å². The standard InChI is InChI=1S/C16H17ClN4O3/c1-19-10-11(9-18-19)16(22)8-12-3-2-6-20(12)15-5-4-13(21(23)24)7-14(15)17/h4-5,7,9-10,12H,2-3,6,8H2,1H3. The van der Waals surface area contributed by atoms with Crippen molar-refractivity contribution >= 4 is 28.8 Å². The summed E-state index contributed by atoms with van der Waals surface area (Å²) in [5.74, 6) is 0.0398. The summed E-state index contributed by atoms with van der Waals surface area (Å²) in [6.45, 7) is 0.780. The minimum Gasteiger partial charge on any atom is -0.367 e. The molecule has 0 saturated carbocycles. The van der Waals surface area contributed by atoms with E-state index in [2.05, 4.69) is 10.00 Å². The van der Waals surface area contributed by atoms with E-state index in [1.165, 1.54) is 12.1 Å². The number of hydrogen-bond acceptors (Lipinski definition) is 5. The van der Waals surface area contributed by atoms with Crippen molar-refractivity contribution in [2.75, 3.05) is 11.4 Å². The fourth-order valence-corrected chi connectivity index (χ4v) is 3.39. The van der Waals surface area contributed by atoms with E-state index in [0.717, 1.165) is 25.1 Å². The molecular weight excluding hydrogens is 332 g/mol. The number of nitro benzene ring substituents is 1. The quantitative estimate of drug-likeness (QED) is 0.470.